The molecule has 0 bridgehead atoms. The van der Waals surface area contributed by atoms with Crippen molar-refractivity contribution in [3.05, 3.63) is 40.2 Å². The van der Waals surface area contributed by atoms with Crippen molar-refractivity contribution in [3.8, 4) is 0 Å². The quantitative estimate of drug-likeness (QED) is 0.641. The van der Waals surface area contributed by atoms with Gasteiger partial charge in [-0.2, -0.15) is 0 Å². The zero-order valence-electron chi connectivity index (χ0n) is 8.09. The Hall–Kier alpha value is -1.03. The minimum absolute atomic E-state index is 0.120. The van der Waals surface area contributed by atoms with E-state index in [9.17, 15) is 4.79 Å². The predicted molar refractivity (Wildman–Crippen MR) is 67.5 cm³/mol. The first kappa shape index (κ1) is 10.5. The maximum atomic E-state index is 11.2. The number of pyridine rings is 1. The summed E-state index contributed by atoms with van der Waals surface area (Å²) in [5.74, 6) is 0. The van der Waals surface area contributed by atoms with Crippen LogP contribution in [0, 0.1) is 0 Å². The van der Waals surface area contributed by atoms with Crippen molar-refractivity contribution in [1.82, 2.24) is 4.98 Å². The molecule has 0 amide bonds. The molecule has 15 heavy (non-hydrogen) atoms. The fraction of sp³-hybridized carbons (Fsp3) is 0.182. The van der Waals surface area contributed by atoms with Crippen LogP contribution in [0.1, 0.15) is 5.56 Å². The first-order valence-electron chi connectivity index (χ1n) is 4.68. The van der Waals surface area contributed by atoms with E-state index in [0.29, 0.717) is 5.46 Å². The molecule has 0 atom stereocenters. The summed E-state index contributed by atoms with van der Waals surface area (Å²) in [5.41, 5.74) is 2.42. The smallest absolute Gasteiger partial charge is 0.248 e. The van der Waals surface area contributed by atoms with Crippen molar-refractivity contribution in [1.29, 1.82) is 0 Å². The van der Waals surface area contributed by atoms with Gasteiger partial charge < -0.3 is 4.98 Å². The summed E-state index contributed by atoms with van der Waals surface area (Å²) in [4.78, 5) is 13.9. The molecule has 2 nitrogen and oxygen atoms in total. The first-order valence-corrected chi connectivity index (χ1v) is 5.81. The second-order valence-electron chi connectivity index (χ2n) is 3.36. The van der Waals surface area contributed by atoms with E-state index in [0.717, 1.165) is 22.7 Å². The maximum Gasteiger partial charge on any atom is 0.248 e. The highest BCUT2D eigenvalue weighted by atomic mass is 79.9. The molecule has 1 heterocycles. The Kier molecular flexibility index (Phi) is 2.96. The Morgan fingerprint density at radius 1 is 1.27 bits per heavy atom. The van der Waals surface area contributed by atoms with Gasteiger partial charge in [-0.1, -0.05) is 33.5 Å². The minimum atomic E-state index is -0.120. The molecule has 2 aromatic rings. The summed E-state index contributed by atoms with van der Waals surface area (Å²) >= 11 is 3.40. The van der Waals surface area contributed by atoms with Crippen LogP contribution in [0.15, 0.2) is 29.1 Å². The Morgan fingerprint density at radius 3 is 2.80 bits per heavy atom. The molecule has 1 aromatic heterocycles. The molecule has 1 N–H and O–H groups in total. The Labute approximate surface area is 97.2 Å². The molecule has 2 rings (SSSR count). The number of rotatable bonds is 2. The van der Waals surface area contributed by atoms with Crippen molar-refractivity contribution in [2.75, 3.05) is 5.33 Å². The molecule has 0 unspecified atom stereocenters. The van der Waals surface area contributed by atoms with Gasteiger partial charge in [-0.15, -0.1) is 0 Å². The number of nitrogens with one attached hydrogen (secondary N) is 1. The third-order valence-electron chi connectivity index (χ3n) is 2.38. The van der Waals surface area contributed by atoms with E-state index in [2.05, 4.69) is 20.9 Å². The average molecular weight is 262 g/mol. The van der Waals surface area contributed by atoms with Gasteiger partial charge in [0.2, 0.25) is 5.56 Å². The van der Waals surface area contributed by atoms with Gasteiger partial charge in [-0.25, -0.2) is 0 Å². The summed E-state index contributed by atoms with van der Waals surface area (Å²) < 4.78 is 0. The Balaban J connectivity index is 2.76. The third kappa shape index (κ3) is 2.00. The van der Waals surface area contributed by atoms with E-state index in [4.69, 9.17) is 7.85 Å². The number of benzene rings is 1. The molecule has 2 radical (unpaired) electrons. The SMILES string of the molecule is [B]c1ccc(CCBr)c2ccc(=O)[nH]c12. The van der Waals surface area contributed by atoms with Gasteiger partial charge in [0.1, 0.15) is 7.85 Å². The molecule has 0 aliphatic rings. The number of halogens is 1. The highest BCUT2D eigenvalue weighted by Gasteiger charge is 2.03. The van der Waals surface area contributed by atoms with Crippen LogP contribution in [0.5, 0.6) is 0 Å². The predicted octanol–water partition coefficient (Wildman–Crippen LogP) is 1.26. The molecule has 1 aromatic carbocycles. The number of fused-ring (bicyclic) bond motifs is 1. The molecule has 0 fully saturated rings. The molecule has 74 valence electrons. The third-order valence-corrected chi connectivity index (χ3v) is 2.78. The van der Waals surface area contributed by atoms with E-state index in [1.807, 2.05) is 18.2 Å². The number of alkyl halides is 1. The van der Waals surface area contributed by atoms with E-state index >= 15 is 0 Å². The van der Waals surface area contributed by atoms with Crippen LogP contribution < -0.4 is 11.0 Å². The molecular weight excluding hydrogens is 253 g/mol. The molecule has 0 aliphatic heterocycles. The maximum absolute atomic E-state index is 11.2. The molecule has 4 heteroatoms. The van der Waals surface area contributed by atoms with Crippen molar-refractivity contribution in [2.24, 2.45) is 0 Å². The van der Waals surface area contributed by atoms with Gasteiger partial charge in [0.15, 0.2) is 0 Å². The lowest BCUT2D eigenvalue weighted by Crippen LogP contribution is -2.13. The summed E-state index contributed by atoms with van der Waals surface area (Å²) in [6.45, 7) is 0. The van der Waals surface area contributed by atoms with Crippen LogP contribution in [0.3, 0.4) is 0 Å². The fourth-order valence-electron chi connectivity index (χ4n) is 1.65. The standard InChI is InChI=1S/C11H9BBrNO/c12-9-3-1-7(5-6-13)8-2-4-10(15)14-11(8)9/h1-4H,5-6H2,(H,14,15). The highest BCUT2D eigenvalue weighted by molar-refractivity contribution is 9.09. The highest BCUT2D eigenvalue weighted by Crippen LogP contribution is 2.14. The molecule has 0 saturated heterocycles. The number of aryl methyl sites for hydroxylation is 1. The number of aromatic amines is 1. The summed E-state index contributed by atoms with van der Waals surface area (Å²) in [6, 6.07) is 7.18. The van der Waals surface area contributed by atoms with Gasteiger partial charge in [-0.05, 0) is 18.1 Å². The van der Waals surface area contributed by atoms with E-state index < -0.39 is 0 Å². The molecule has 0 aliphatic carbocycles. The van der Waals surface area contributed by atoms with Gasteiger partial charge in [-0.3, -0.25) is 4.79 Å². The van der Waals surface area contributed by atoms with Gasteiger partial charge in [0.25, 0.3) is 0 Å². The van der Waals surface area contributed by atoms with Crippen LogP contribution in [-0.4, -0.2) is 18.2 Å². The number of aromatic nitrogens is 1. The molecule has 0 spiro atoms. The second-order valence-corrected chi connectivity index (χ2v) is 4.16. The normalized spacial score (nSPS) is 10.7. The van der Waals surface area contributed by atoms with E-state index in [-0.39, 0.29) is 5.56 Å². The zero-order valence-corrected chi connectivity index (χ0v) is 9.67. The second kappa shape index (κ2) is 4.23. The van der Waals surface area contributed by atoms with Crippen molar-refractivity contribution >= 4 is 40.1 Å². The van der Waals surface area contributed by atoms with Gasteiger partial charge in [0, 0.05) is 22.3 Å². The fourth-order valence-corrected chi connectivity index (χ4v) is 2.08. The van der Waals surface area contributed by atoms with Crippen molar-refractivity contribution < 1.29 is 0 Å². The lowest BCUT2D eigenvalue weighted by molar-refractivity contribution is 1.18. The Morgan fingerprint density at radius 2 is 2.07 bits per heavy atom. The van der Waals surface area contributed by atoms with E-state index in [1.54, 1.807) is 0 Å². The zero-order chi connectivity index (χ0) is 10.8. The molecular formula is C11H9BBrNO. The van der Waals surface area contributed by atoms with E-state index in [1.165, 1.54) is 11.6 Å². The summed E-state index contributed by atoms with van der Waals surface area (Å²) in [5, 5.41) is 1.92. The number of hydrogen-bond donors (Lipinski definition) is 1. The van der Waals surface area contributed by atoms with Crippen LogP contribution >= 0.6 is 15.9 Å². The largest absolute Gasteiger partial charge is 0.322 e. The monoisotopic (exact) mass is 261 g/mol. The number of hydrogen-bond acceptors (Lipinski definition) is 1. The van der Waals surface area contributed by atoms with Crippen LogP contribution in [0.25, 0.3) is 10.9 Å². The Bertz CT molecular complexity index is 550. The van der Waals surface area contributed by atoms with Crippen molar-refractivity contribution in [3.63, 3.8) is 0 Å². The lowest BCUT2D eigenvalue weighted by atomic mass is 9.90. The van der Waals surface area contributed by atoms with Crippen molar-refractivity contribution in [2.45, 2.75) is 6.42 Å². The lowest BCUT2D eigenvalue weighted by Gasteiger charge is -2.07. The molecule has 0 saturated carbocycles. The van der Waals surface area contributed by atoms with Crippen LogP contribution in [0.2, 0.25) is 0 Å². The first-order chi connectivity index (χ1) is 7.22. The van der Waals surface area contributed by atoms with Gasteiger partial charge in [0.05, 0.1) is 0 Å². The van der Waals surface area contributed by atoms with Crippen LogP contribution in [-0.2, 0) is 6.42 Å². The topological polar surface area (TPSA) is 32.9 Å². The minimum Gasteiger partial charge on any atom is -0.322 e. The average Bonchev–Trinajstić information content (AvgIpc) is 2.23. The number of H-pyrrole nitrogens is 1. The van der Waals surface area contributed by atoms with Crippen LogP contribution in [0.4, 0.5) is 0 Å². The summed E-state index contributed by atoms with van der Waals surface area (Å²) in [6.07, 6.45) is 0.919. The summed E-state index contributed by atoms with van der Waals surface area (Å²) in [7, 11) is 5.81. The van der Waals surface area contributed by atoms with Gasteiger partial charge >= 0.3 is 0 Å².